The number of amides is 1. The molecule has 1 heterocycles. The highest BCUT2D eigenvalue weighted by Gasteiger charge is 2.19. The van der Waals surface area contributed by atoms with Gasteiger partial charge in [0.15, 0.2) is 0 Å². The SMILES string of the molecule is C[C@@H](C(=O)NCc1cccc(F)c1)n1sc2ccccc2c1=O. The van der Waals surface area contributed by atoms with Gasteiger partial charge in [-0.25, -0.2) is 4.39 Å². The van der Waals surface area contributed by atoms with Gasteiger partial charge in [0.05, 0.1) is 10.1 Å². The van der Waals surface area contributed by atoms with E-state index in [0.717, 1.165) is 4.70 Å². The van der Waals surface area contributed by atoms with Crippen LogP contribution in [0.15, 0.2) is 53.3 Å². The zero-order valence-corrected chi connectivity index (χ0v) is 13.3. The Morgan fingerprint density at radius 2 is 2.04 bits per heavy atom. The summed E-state index contributed by atoms with van der Waals surface area (Å²) in [5.74, 6) is -0.617. The normalized spacial score (nSPS) is 12.3. The van der Waals surface area contributed by atoms with Gasteiger partial charge in [0, 0.05) is 6.54 Å². The van der Waals surface area contributed by atoms with Crippen LogP contribution in [0.25, 0.3) is 10.1 Å². The molecule has 0 aliphatic rings. The molecule has 4 nitrogen and oxygen atoms in total. The van der Waals surface area contributed by atoms with E-state index in [1.807, 2.05) is 12.1 Å². The van der Waals surface area contributed by atoms with E-state index in [0.29, 0.717) is 10.9 Å². The number of benzene rings is 2. The van der Waals surface area contributed by atoms with Crippen molar-refractivity contribution in [3.05, 3.63) is 70.3 Å². The third kappa shape index (κ3) is 3.17. The molecule has 1 N–H and O–H groups in total. The van der Waals surface area contributed by atoms with E-state index in [4.69, 9.17) is 0 Å². The molecule has 3 aromatic rings. The number of nitrogens with zero attached hydrogens (tertiary/aromatic N) is 1. The third-order valence-electron chi connectivity index (χ3n) is 3.60. The Morgan fingerprint density at radius 3 is 2.78 bits per heavy atom. The standard InChI is InChI=1S/C17H15FN2O2S/c1-11(16(21)19-10-12-5-4-6-13(18)9-12)20-17(22)14-7-2-3-8-15(14)23-20/h2-9,11H,10H2,1H3,(H,19,21)/t11-/m0/s1. The van der Waals surface area contributed by atoms with Gasteiger partial charge < -0.3 is 5.32 Å². The maximum Gasteiger partial charge on any atom is 0.269 e. The molecule has 1 atom stereocenters. The van der Waals surface area contributed by atoms with Gasteiger partial charge in [-0.05, 0) is 36.8 Å². The second kappa shape index (κ2) is 6.34. The van der Waals surface area contributed by atoms with Crippen LogP contribution in [0, 0.1) is 5.82 Å². The Morgan fingerprint density at radius 1 is 1.26 bits per heavy atom. The summed E-state index contributed by atoms with van der Waals surface area (Å²) in [5, 5.41) is 3.35. The lowest BCUT2D eigenvalue weighted by atomic mass is 10.2. The average Bonchev–Trinajstić information content (AvgIpc) is 2.89. The minimum Gasteiger partial charge on any atom is -0.350 e. The first-order valence-corrected chi connectivity index (χ1v) is 7.96. The number of nitrogens with one attached hydrogen (secondary N) is 1. The fourth-order valence-corrected chi connectivity index (χ4v) is 3.37. The van der Waals surface area contributed by atoms with E-state index in [9.17, 15) is 14.0 Å². The molecule has 23 heavy (non-hydrogen) atoms. The Labute approximate surface area is 136 Å². The second-order valence-electron chi connectivity index (χ2n) is 5.24. The lowest BCUT2D eigenvalue weighted by Crippen LogP contribution is -2.33. The summed E-state index contributed by atoms with van der Waals surface area (Å²) in [5.41, 5.74) is 0.508. The fourth-order valence-electron chi connectivity index (χ4n) is 2.33. The van der Waals surface area contributed by atoms with Gasteiger partial charge in [0.25, 0.3) is 5.56 Å². The van der Waals surface area contributed by atoms with E-state index < -0.39 is 6.04 Å². The number of rotatable bonds is 4. The third-order valence-corrected chi connectivity index (χ3v) is 4.83. The summed E-state index contributed by atoms with van der Waals surface area (Å²) < 4.78 is 15.4. The molecule has 6 heteroatoms. The summed E-state index contributed by atoms with van der Waals surface area (Å²) in [6, 6.07) is 12.7. The van der Waals surface area contributed by atoms with Crippen LogP contribution in [0.2, 0.25) is 0 Å². The number of halogens is 1. The van der Waals surface area contributed by atoms with Crippen LogP contribution in [0.5, 0.6) is 0 Å². The topological polar surface area (TPSA) is 51.1 Å². The van der Waals surface area contributed by atoms with E-state index >= 15 is 0 Å². The summed E-state index contributed by atoms with van der Waals surface area (Å²) >= 11 is 1.27. The van der Waals surface area contributed by atoms with Crippen LogP contribution < -0.4 is 10.9 Å². The van der Waals surface area contributed by atoms with Crippen LogP contribution in [0.3, 0.4) is 0 Å². The van der Waals surface area contributed by atoms with Crippen molar-refractivity contribution in [2.45, 2.75) is 19.5 Å². The fraction of sp³-hybridized carbons (Fsp3) is 0.176. The lowest BCUT2D eigenvalue weighted by Gasteiger charge is -2.12. The van der Waals surface area contributed by atoms with Crippen molar-refractivity contribution in [1.82, 2.24) is 9.27 Å². The van der Waals surface area contributed by atoms with E-state index in [1.54, 1.807) is 31.2 Å². The van der Waals surface area contributed by atoms with Gasteiger partial charge >= 0.3 is 0 Å². The Kier molecular flexibility index (Phi) is 4.25. The van der Waals surface area contributed by atoms with Gasteiger partial charge in [-0.2, -0.15) is 0 Å². The zero-order valence-electron chi connectivity index (χ0n) is 12.5. The van der Waals surface area contributed by atoms with Gasteiger partial charge in [-0.3, -0.25) is 13.5 Å². The first kappa shape index (κ1) is 15.4. The molecular formula is C17H15FN2O2S. The molecule has 0 radical (unpaired) electrons. The Balaban J connectivity index is 1.76. The van der Waals surface area contributed by atoms with Crippen molar-refractivity contribution < 1.29 is 9.18 Å². The van der Waals surface area contributed by atoms with Crippen LogP contribution in [-0.4, -0.2) is 9.86 Å². The largest absolute Gasteiger partial charge is 0.350 e. The molecular weight excluding hydrogens is 315 g/mol. The maximum absolute atomic E-state index is 13.1. The summed E-state index contributed by atoms with van der Waals surface area (Å²) in [4.78, 5) is 24.6. The van der Waals surface area contributed by atoms with Gasteiger partial charge in [-0.1, -0.05) is 35.8 Å². The Hall–Kier alpha value is -2.47. The van der Waals surface area contributed by atoms with Crippen molar-refractivity contribution in [2.24, 2.45) is 0 Å². The minimum absolute atomic E-state index is 0.168. The monoisotopic (exact) mass is 330 g/mol. The molecule has 0 bridgehead atoms. The molecule has 2 aromatic carbocycles. The molecule has 0 aliphatic heterocycles. The molecule has 0 unspecified atom stereocenters. The van der Waals surface area contributed by atoms with Crippen molar-refractivity contribution in [1.29, 1.82) is 0 Å². The van der Waals surface area contributed by atoms with E-state index in [1.165, 1.54) is 27.6 Å². The van der Waals surface area contributed by atoms with Crippen molar-refractivity contribution >= 4 is 27.5 Å². The van der Waals surface area contributed by atoms with Crippen molar-refractivity contribution in [3.8, 4) is 0 Å². The average molecular weight is 330 g/mol. The van der Waals surface area contributed by atoms with Gasteiger partial charge in [-0.15, -0.1) is 0 Å². The minimum atomic E-state index is -0.617. The molecule has 3 rings (SSSR count). The molecule has 1 amide bonds. The van der Waals surface area contributed by atoms with Crippen LogP contribution in [0.4, 0.5) is 4.39 Å². The smallest absolute Gasteiger partial charge is 0.269 e. The highest BCUT2D eigenvalue weighted by Crippen LogP contribution is 2.19. The molecule has 0 saturated heterocycles. The zero-order chi connectivity index (χ0) is 16.4. The quantitative estimate of drug-likeness (QED) is 0.799. The molecule has 118 valence electrons. The Bertz CT molecular complexity index is 916. The van der Waals surface area contributed by atoms with E-state index in [2.05, 4.69) is 5.32 Å². The van der Waals surface area contributed by atoms with Crippen LogP contribution in [0.1, 0.15) is 18.5 Å². The second-order valence-corrected chi connectivity index (χ2v) is 6.26. The molecule has 0 saturated carbocycles. The van der Waals surface area contributed by atoms with Gasteiger partial charge in [0.2, 0.25) is 5.91 Å². The highest BCUT2D eigenvalue weighted by molar-refractivity contribution is 7.14. The molecule has 0 fully saturated rings. The maximum atomic E-state index is 13.1. The van der Waals surface area contributed by atoms with Crippen LogP contribution in [-0.2, 0) is 11.3 Å². The van der Waals surface area contributed by atoms with Gasteiger partial charge in [0.1, 0.15) is 11.9 Å². The number of hydrogen-bond donors (Lipinski definition) is 1. The first-order valence-electron chi connectivity index (χ1n) is 7.19. The predicted octanol–water partition coefficient (Wildman–Crippen LogP) is 3.08. The van der Waals surface area contributed by atoms with Crippen molar-refractivity contribution in [3.63, 3.8) is 0 Å². The van der Waals surface area contributed by atoms with Crippen LogP contribution >= 0.6 is 11.5 Å². The number of carbonyl (C=O) groups excluding carboxylic acids is 1. The molecule has 0 spiro atoms. The first-order chi connectivity index (χ1) is 11.1. The predicted molar refractivity (Wildman–Crippen MR) is 89.0 cm³/mol. The lowest BCUT2D eigenvalue weighted by molar-refractivity contribution is -0.123. The van der Waals surface area contributed by atoms with Crippen molar-refractivity contribution in [2.75, 3.05) is 0 Å². The number of aromatic nitrogens is 1. The number of fused-ring (bicyclic) bond motifs is 1. The molecule has 0 aliphatic carbocycles. The molecule has 1 aromatic heterocycles. The highest BCUT2D eigenvalue weighted by atomic mass is 32.1. The summed E-state index contributed by atoms with van der Waals surface area (Å²) in [7, 11) is 0. The summed E-state index contributed by atoms with van der Waals surface area (Å²) in [6.07, 6.45) is 0. The van der Waals surface area contributed by atoms with E-state index in [-0.39, 0.29) is 23.8 Å². The number of hydrogen-bond acceptors (Lipinski definition) is 3. The number of carbonyl (C=O) groups is 1. The summed E-state index contributed by atoms with van der Waals surface area (Å²) in [6.45, 7) is 1.90.